The van der Waals surface area contributed by atoms with E-state index in [0.29, 0.717) is 5.56 Å². The Balaban J connectivity index is 1.90. The maximum Gasteiger partial charge on any atom is 0.257 e. The van der Waals surface area contributed by atoms with Gasteiger partial charge in [-0.2, -0.15) is 0 Å². The van der Waals surface area contributed by atoms with Gasteiger partial charge in [-0.05, 0) is 36.6 Å². The smallest absolute Gasteiger partial charge is 0.257 e. The lowest BCUT2D eigenvalue weighted by Crippen LogP contribution is -2.11. The molecular weight excluding hydrogens is 280 g/mol. The van der Waals surface area contributed by atoms with Gasteiger partial charge in [0.1, 0.15) is 0 Å². The number of para-hydroxylation sites is 1. The summed E-state index contributed by atoms with van der Waals surface area (Å²) in [4.78, 5) is 13.6. The summed E-state index contributed by atoms with van der Waals surface area (Å²) in [6.07, 6.45) is 3.90. The number of hydrogen-bond donors (Lipinski definition) is 1. The van der Waals surface area contributed by atoms with Crippen LogP contribution in [0.4, 0.5) is 5.69 Å². The van der Waals surface area contributed by atoms with Crippen LogP contribution >= 0.6 is 11.8 Å². The van der Waals surface area contributed by atoms with Crippen LogP contribution in [0.15, 0.2) is 59.6 Å². The summed E-state index contributed by atoms with van der Waals surface area (Å²) >= 11 is 1.68. The summed E-state index contributed by atoms with van der Waals surface area (Å²) < 4.78 is 1.97. The van der Waals surface area contributed by atoms with E-state index < -0.39 is 0 Å². The van der Waals surface area contributed by atoms with Crippen LogP contribution in [0.3, 0.4) is 0 Å². The minimum atomic E-state index is -0.0799. The molecule has 0 aliphatic carbocycles. The zero-order chi connectivity index (χ0) is 14.8. The summed E-state index contributed by atoms with van der Waals surface area (Å²) in [5.41, 5.74) is 2.56. The third-order valence-electron chi connectivity index (χ3n) is 3.49. The molecule has 2 aromatic carbocycles. The Bertz CT molecular complexity index is 790. The van der Waals surface area contributed by atoms with E-state index in [-0.39, 0.29) is 5.91 Å². The third-order valence-corrected chi connectivity index (χ3v) is 4.23. The van der Waals surface area contributed by atoms with Crippen molar-refractivity contribution < 1.29 is 4.79 Å². The van der Waals surface area contributed by atoms with Crippen LogP contribution in [0.2, 0.25) is 0 Å². The minimum Gasteiger partial charge on any atom is -0.350 e. The van der Waals surface area contributed by atoms with Crippen LogP contribution in [0.1, 0.15) is 10.4 Å². The fourth-order valence-electron chi connectivity index (χ4n) is 2.40. The Labute approximate surface area is 128 Å². The van der Waals surface area contributed by atoms with Crippen molar-refractivity contribution in [3.63, 3.8) is 0 Å². The molecule has 106 valence electrons. The molecule has 4 heteroatoms. The highest BCUT2D eigenvalue weighted by atomic mass is 32.2. The predicted octanol–water partition coefficient (Wildman–Crippen LogP) is 4.15. The summed E-state index contributed by atoms with van der Waals surface area (Å²) in [7, 11) is 1.95. The normalized spacial score (nSPS) is 10.8. The molecular formula is C17H16N2OS. The van der Waals surface area contributed by atoms with Crippen molar-refractivity contribution in [1.29, 1.82) is 0 Å². The Hall–Kier alpha value is -2.20. The van der Waals surface area contributed by atoms with E-state index in [0.717, 1.165) is 16.6 Å². The number of nitrogens with one attached hydrogen (secondary N) is 1. The van der Waals surface area contributed by atoms with Crippen molar-refractivity contribution >= 4 is 34.3 Å². The summed E-state index contributed by atoms with van der Waals surface area (Å²) in [6, 6.07) is 15.8. The number of fused-ring (bicyclic) bond motifs is 1. The minimum absolute atomic E-state index is 0.0799. The van der Waals surface area contributed by atoms with Gasteiger partial charge >= 0.3 is 0 Å². The topological polar surface area (TPSA) is 34.0 Å². The van der Waals surface area contributed by atoms with Crippen molar-refractivity contribution in [2.45, 2.75) is 4.90 Å². The van der Waals surface area contributed by atoms with Gasteiger partial charge in [0.2, 0.25) is 0 Å². The van der Waals surface area contributed by atoms with E-state index in [9.17, 15) is 4.79 Å². The second-order valence-electron chi connectivity index (χ2n) is 4.85. The third kappa shape index (κ3) is 2.67. The average Bonchev–Trinajstić information content (AvgIpc) is 2.86. The highest BCUT2D eigenvalue weighted by Gasteiger charge is 2.13. The molecule has 0 aliphatic heterocycles. The second kappa shape index (κ2) is 5.66. The first-order valence-corrected chi connectivity index (χ1v) is 7.91. The van der Waals surface area contributed by atoms with Crippen molar-refractivity contribution in [2.75, 3.05) is 11.6 Å². The summed E-state index contributed by atoms with van der Waals surface area (Å²) in [6.45, 7) is 0. The lowest BCUT2D eigenvalue weighted by atomic mass is 10.1. The number of amides is 1. The lowest BCUT2D eigenvalue weighted by Gasteiger charge is -2.05. The first-order valence-electron chi connectivity index (χ1n) is 6.68. The molecule has 3 nitrogen and oxygen atoms in total. The average molecular weight is 296 g/mol. The maximum atomic E-state index is 12.5. The van der Waals surface area contributed by atoms with Crippen LogP contribution in [-0.2, 0) is 7.05 Å². The quantitative estimate of drug-likeness (QED) is 0.737. The molecule has 0 aliphatic rings. The summed E-state index contributed by atoms with van der Waals surface area (Å²) in [5.74, 6) is -0.0799. The van der Waals surface area contributed by atoms with Gasteiger partial charge in [0.15, 0.2) is 0 Å². The van der Waals surface area contributed by atoms with Gasteiger partial charge in [0, 0.05) is 34.7 Å². The number of hydrogen-bond acceptors (Lipinski definition) is 2. The van der Waals surface area contributed by atoms with Crippen LogP contribution in [0.5, 0.6) is 0 Å². The molecule has 1 amide bonds. The number of aromatic nitrogens is 1. The van der Waals surface area contributed by atoms with E-state index in [2.05, 4.69) is 5.32 Å². The Morgan fingerprint density at radius 2 is 1.81 bits per heavy atom. The molecule has 0 saturated carbocycles. The number of carbonyl (C=O) groups is 1. The fourth-order valence-corrected chi connectivity index (χ4v) is 2.80. The molecule has 1 heterocycles. The molecule has 3 aromatic rings. The number of anilines is 1. The van der Waals surface area contributed by atoms with Crippen LogP contribution < -0.4 is 5.32 Å². The summed E-state index contributed by atoms with van der Waals surface area (Å²) in [5, 5.41) is 3.92. The first-order chi connectivity index (χ1) is 10.2. The van der Waals surface area contributed by atoms with E-state index >= 15 is 0 Å². The number of thioether (sulfide) groups is 1. The number of rotatable bonds is 3. The molecule has 0 unspecified atom stereocenters. The molecule has 1 aromatic heterocycles. The highest BCUT2D eigenvalue weighted by Crippen LogP contribution is 2.22. The first kappa shape index (κ1) is 13.8. The zero-order valence-corrected chi connectivity index (χ0v) is 12.8. The number of carbonyl (C=O) groups excluding carboxylic acids is 1. The van der Waals surface area contributed by atoms with Gasteiger partial charge in [0.05, 0.1) is 5.56 Å². The van der Waals surface area contributed by atoms with E-state index in [1.54, 1.807) is 11.8 Å². The monoisotopic (exact) mass is 296 g/mol. The Morgan fingerprint density at radius 1 is 1.10 bits per heavy atom. The highest BCUT2D eigenvalue weighted by molar-refractivity contribution is 7.98. The van der Waals surface area contributed by atoms with E-state index in [4.69, 9.17) is 0 Å². The molecule has 0 atom stereocenters. The molecule has 21 heavy (non-hydrogen) atoms. The molecule has 0 fully saturated rings. The van der Waals surface area contributed by atoms with Gasteiger partial charge in [0.25, 0.3) is 5.91 Å². The number of nitrogens with zero attached hydrogens (tertiary/aromatic N) is 1. The van der Waals surface area contributed by atoms with Crippen molar-refractivity contribution in [3.8, 4) is 0 Å². The van der Waals surface area contributed by atoms with Crippen LogP contribution in [-0.4, -0.2) is 16.7 Å². The second-order valence-corrected chi connectivity index (χ2v) is 5.73. The van der Waals surface area contributed by atoms with Gasteiger partial charge in [-0.1, -0.05) is 18.2 Å². The largest absolute Gasteiger partial charge is 0.350 e. The molecule has 1 N–H and O–H groups in total. The van der Waals surface area contributed by atoms with Crippen molar-refractivity contribution in [1.82, 2.24) is 4.57 Å². The van der Waals surface area contributed by atoms with Crippen molar-refractivity contribution in [2.24, 2.45) is 7.05 Å². The molecule has 0 spiro atoms. The van der Waals surface area contributed by atoms with Gasteiger partial charge in [-0.15, -0.1) is 11.8 Å². The lowest BCUT2D eigenvalue weighted by molar-refractivity contribution is 0.102. The Kier molecular flexibility index (Phi) is 3.71. The number of benzene rings is 2. The molecule has 3 rings (SSSR count). The molecule has 0 saturated heterocycles. The Morgan fingerprint density at radius 3 is 2.52 bits per heavy atom. The van der Waals surface area contributed by atoms with Crippen molar-refractivity contribution in [3.05, 3.63) is 60.3 Å². The predicted molar refractivity (Wildman–Crippen MR) is 89.1 cm³/mol. The molecule has 0 radical (unpaired) electrons. The maximum absolute atomic E-state index is 12.5. The zero-order valence-electron chi connectivity index (χ0n) is 12.0. The van der Waals surface area contributed by atoms with Gasteiger partial charge in [-0.3, -0.25) is 4.79 Å². The van der Waals surface area contributed by atoms with Gasteiger partial charge in [-0.25, -0.2) is 0 Å². The van der Waals surface area contributed by atoms with Gasteiger partial charge < -0.3 is 9.88 Å². The van der Waals surface area contributed by atoms with Crippen LogP contribution in [0.25, 0.3) is 10.9 Å². The van der Waals surface area contributed by atoms with Crippen LogP contribution in [0, 0.1) is 0 Å². The number of aryl methyl sites for hydroxylation is 1. The molecule has 0 bridgehead atoms. The SMILES string of the molecule is CSc1ccc(NC(=O)c2cn(C)c3ccccc23)cc1. The van der Waals surface area contributed by atoms with E-state index in [1.807, 2.05) is 72.6 Å². The standard InChI is InChI=1S/C17H16N2OS/c1-19-11-15(14-5-3-4-6-16(14)19)17(20)18-12-7-9-13(21-2)10-8-12/h3-11H,1-2H3,(H,18,20). The van der Waals surface area contributed by atoms with E-state index in [1.165, 1.54) is 4.90 Å². The fraction of sp³-hybridized carbons (Fsp3) is 0.118.